The Bertz CT molecular complexity index is 648. The van der Waals surface area contributed by atoms with E-state index in [1.807, 2.05) is 11.9 Å². The number of hydrogen-bond donors (Lipinski definition) is 1. The molecular formula is C19H27NO6. The van der Waals surface area contributed by atoms with Crippen molar-refractivity contribution in [2.75, 3.05) is 26.7 Å². The molecule has 2 heterocycles. The van der Waals surface area contributed by atoms with Crippen molar-refractivity contribution in [1.82, 2.24) is 4.90 Å². The van der Waals surface area contributed by atoms with Gasteiger partial charge in [-0.3, -0.25) is 4.79 Å². The highest BCUT2D eigenvalue weighted by Crippen LogP contribution is 2.27. The molecule has 26 heavy (non-hydrogen) atoms. The number of likely N-dealkylation sites (N-methyl/N-ethyl adjacent to an activating group) is 1. The Morgan fingerprint density at radius 2 is 2.04 bits per heavy atom. The molecule has 1 N–H and O–H groups in total. The Morgan fingerprint density at radius 1 is 1.35 bits per heavy atom. The molecule has 0 unspecified atom stereocenters. The summed E-state index contributed by atoms with van der Waals surface area (Å²) in [6.07, 6.45) is 2.86. The Kier molecular flexibility index (Phi) is 6.36. The molecule has 2 aliphatic heterocycles. The van der Waals surface area contributed by atoms with Gasteiger partial charge in [-0.2, -0.15) is 0 Å². The molecule has 1 fully saturated rings. The Balaban J connectivity index is 2.42. The van der Waals surface area contributed by atoms with Crippen LogP contribution in [0.4, 0.5) is 0 Å². The molecular weight excluding hydrogens is 338 g/mol. The number of carbonyl (C=O) groups excluding carboxylic acids is 3. The minimum absolute atomic E-state index is 0.140. The second-order valence-corrected chi connectivity index (χ2v) is 7.18. The molecule has 2 aliphatic rings. The van der Waals surface area contributed by atoms with E-state index in [1.54, 1.807) is 26.0 Å². The third-order valence-corrected chi connectivity index (χ3v) is 5.15. The minimum atomic E-state index is -1.78. The summed E-state index contributed by atoms with van der Waals surface area (Å²) in [5.41, 5.74) is -1.19. The summed E-state index contributed by atoms with van der Waals surface area (Å²) in [5.74, 6) is -2.32. The molecule has 0 aliphatic carbocycles. The van der Waals surface area contributed by atoms with Crippen LogP contribution in [-0.4, -0.2) is 66.2 Å². The first-order valence-electron chi connectivity index (χ1n) is 8.84. The lowest BCUT2D eigenvalue weighted by Crippen LogP contribution is -2.45. The lowest BCUT2D eigenvalue weighted by molar-refractivity contribution is -0.169. The zero-order valence-corrected chi connectivity index (χ0v) is 15.8. The van der Waals surface area contributed by atoms with E-state index in [9.17, 15) is 19.5 Å². The smallest absolute Gasteiger partial charge is 0.338 e. The van der Waals surface area contributed by atoms with Gasteiger partial charge in [-0.25, -0.2) is 9.59 Å². The number of carbonyl (C=O) groups is 3. The van der Waals surface area contributed by atoms with E-state index in [-0.39, 0.29) is 24.4 Å². The van der Waals surface area contributed by atoms with Crippen LogP contribution in [-0.2, 0) is 23.9 Å². The van der Waals surface area contributed by atoms with Crippen LogP contribution in [0.3, 0.4) is 0 Å². The van der Waals surface area contributed by atoms with Crippen molar-refractivity contribution < 1.29 is 29.0 Å². The van der Waals surface area contributed by atoms with Gasteiger partial charge in [0.2, 0.25) is 5.78 Å². The molecule has 0 aromatic heterocycles. The number of aliphatic hydroxyl groups is 1. The number of rotatable bonds is 0. The summed E-state index contributed by atoms with van der Waals surface area (Å²) < 4.78 is 10.7. The SMILES string of the molecule is C/C=C1\C[C@@H](C)[C@@](C)(O)C(=O)OC/C2=C/CN(C)CC[C@H](OC1=O)C2=O. The Morgan fingerprint density at radius 3 is 2.69 bits per heavy atom. The fraction of sp³-hybridized carbons (Fsp3) is 0.632. The Hall–Kier alpha value is -1.99. The van der Waals surface area contributed by atoms with E-state index in [0.717, 1.165) is 0 Å². The second-order valence-electron chi connectivity index (χ2n) is 7.18. The van der Waals surface area contributed by atoms with Gasteiger partial charge in [0.05, 0.1) is 0 Å². The van der Waals surface area contributed by atoms with Crippen molar-refractivity contribution in [3.8, 4) is 0 Å². The molecule has 2 bridgehead atoms. The van der Waals surface area contributed by atoms with Crippen molar-refractivity contribution in [3.63, 3.8) is 0 Å². The van der Waals surface area contributed by atoms with Crippen molar-refractivity contribution in [1.29, 1.82) is 0 Å². The fourth-order valence-corrected chi connectivity index (χ4v) is 2.92. The molecule has 0 amide bonds. The highest BCUT2D eigenvalue weighted by Gasteiger charge is 2.40. The number of allylic oxidation sites excluding steroid dienone is 1. The normalized spacial score (nSPS) is 36.0. The van der Waals surface area contributed by atoms with Gasteiger partial charge in [0.1, 0.15) is 6.61 Å². The van der Waals surface area contributed by atoms with Gasteiger partial charge in [-0.05, 0) is 33.2 Å². The van der Waals surface area contributed by atoms with E-state index in [4.69, 9.17) is 9.47 Å². The number of esters is 2. The van der Waals surface area contributed by atoms with E-state index in [1.165, 1.54) is 6.92 Å². The molecule has 3 atom stereocenters. The summed E-state index contributed by atoms with van der Waals surface area (Å²) in [4.78, 5) is 39.7. The summed E-state index contributed by atoms with van der Waals surface area (Å²) in [6.45, 7) is 5.58. The highest BCUT2D eigenvalue weighted by atomic mass is 16.6. The summed E-state index contributed by atoms with van der Waals surface area (Å²) in [6, 6.07) is 0. The number of Topliss-reactive ketones (excluding diaryl/α,β-unsaturated/α-hetero) is 1. The van der Waals surface area contributed by atoms with Crippen LogP contribution in [0.5, 0.6) is 0 Å². The van der Waals surface area contributed by atoms with Crippen molar-refractivity contribution in [3.05, 3.63) is 23.3 Å². The number of hydrogen-bond acceptors (Lipinski definition) is 7. The van der Waals surface area contributed by atoms with Crippen LogP contribution in [0.25, 0.3) is 0 Å². The van der Waals surface area contributed by atoms with Gasteiger partial charge in [0.15, 0.2) is 11.7 Å². The number of fused-ring (bicyclic) bond motifs is 2. The zero-order chi connectivity index (χ0) is 19.5. The van der Waals surface area contributed by atoms with Gasteiger partial charge in [-0.1, -0.05) is 19.1 Å². The van der Waals surface area contributed by atoms with Crippen LogP contribution in [0.1, 0.15) is 33.6 Å². The maximum Gasteiger partial charge on any atom is 0.338 e. The second kappa shape index (κ2) is 8.14. The molecule has 144 valence electrons. The summed E-state index contributed by atoms with van der Waals surface area (Å²) in [5, 5.41) is 10.6. The number of ether oxygens (including phenoxy) is 2. The van der Waals surface area contributed by atoms with Crippen LogP contribution in [0.2, 0.25) is 0 Å². The maximum atomic E-state index is 12.8. The number of cyclic esters (lactones) is 1. The first-order valence-corrected chi connectivity index (χ1v) is 8.84. The average Bonchev–Trinajstić information content (AvgIpc) is 2.59. The third kappa shape index (κ3) is 4.40. The van der Waals surface area contributed by atoms with Crippen LogP contribution >= 0.6 is 0 Å². The third-order valence-electron chi connectivity index (χ3n) is 5.15. The van der Waals surface area contributed by atoms with Crippen molar-refractivity contribution >= 4 is 17.7 Å². The molecule has 0 saturated carbocycles. The summed E-state index contributed by atoms with van der Waals surface area (Å²) >= 11 is 0. The van der Waals surface area contributed by atoms with Gasteiger partial charge >= 0.3 is 11.9 Å². The monoisotopic (exact) mass is 365 g/mol. The maximum absolute atomic E-state index is 12.8. The first kappa shape index (κ1) is 20.3. The number of nitrogens with zero attached hydrogens (tertiary/aromatic N) is 1. The van der Waals surface area contributed by atoms with Gasteiger partial charge in [0, 0.05) is 30.7 Å². The molecule has 0 aromatic carbocycles. The van der Waals surface area contributed by atoms with Gasteiger partial charge in [-0.15, -0.1) is 0 Å². The van der Waals surface area contributed by atoms with Gasteiger partial charge in [0.25, 0.3) is 0 Å². The molecule has 7 nitrogen and oxygen atoms in total. The van der Waals surface area contributed by atoms with E-state index in [0.29, 0.717) is 25.1 Å². The topological polar surface area (TPSA) is 93.1 Å². The van der Waals surface area contributed by atoms with Crippen LogP contribution in [0, 0.1) is 5.92 Å². The largest absolute Gasteiger partial charge is 0.459 e. The van der Waals surface area contributed by atoms with Crippen molar-refractivity contribution in [2.24, 2.45) is 5.92 Å². The summed E-state index contributed by atoms with van der Waals surface area (Å²) in [7, 11) is 1.89. The predicted octanol–water partition coefficient (Wildman–Crippen LogP) is 1.01. The van der Waals surface area contributed by atoms with Crippen LogP contribution in [0.15, 0.2) is 23.3 Å². The van der Waals surface area contributed by atoms with E-state index in [2.05, 4.69) is 0 Å². The molecule has 7 heteroatoms. The zero-order valence-electron chi connectivity index (χ0n) is 15.8. The van der Waals surface area contributed by atoms with E-state index < -0.39 is 29.6 Å². The molecule has 2 rings (SSSR count). The predicted molar refractivity (Wildman–Crippen MR) is 94.2 cm³/mol. The lowest BCUT2D eigenvalue weighted by atomic mass is 9.85. The molecule has 0 aromatic rings. The molecule has 0 spiro atoms. The lowest BCUT2D eigenvalue weighted by Gasteiger charge is -2.31. The fourth-order valence-electron chi connectivity index (χ4n) is 2.92. The number of ketones is 1. The van der Waals surface area contributed by atoms with Crippen molar-refractivity contribution in [2.45, 2.75) is 45.3 Å². The quantitative estimate of drug-likeness (QED) is 0.506. The van der Waals surface area contributed by atoms with Crippen LogP contribution < -0.4 is 0 Å². The van der Waals surface area contributed by atoms with Gasteiger partial charge < -0.3 is 19.5 Å². The molecule has 0 radical (unpaired) electrons. The molecule has 1 saturated heterocycles. The minimum Gasteiger partial charge on any atom is -0.459 e. The average molecular weight is 365 g/mol. The standard InChI is InChI=1S/C19H27NO6/c1-5-13-10-12(2)19(3,24)18(23)25-11-14-6-8-20(4)9-7-15(16(14)21)26-17(13)22/h5-6,12,15,24H,7-11H2,1-4H3/b13-5+,14-6-/t12-,15+,19-/m1/s1. The Labute approximate surface area is 153 Å². The first-order chi connectivity index (χ1) is 12.2. The highest BCUT2D eigenvalue weighted by molar-refractivity contribution is 6.01. The van der Waals surface area contributed by atoms with E-state index >= 15 is 0 Å².